The number of para-hydroxylation sites is 1. The molecule has 0 spiro atoms. The number of amides is 1. The Bertz CT molecular complexity index is 765. The lowest BCUT2D eigenvalue weighted by atomic mass is 9.97. The van der Waals surface area contributed by atoms with E-state index < -0.39 is 0 Å². The first-order valence-corrected chi connectivity index (χ1v) is 8.34. The standard InChI is InChI=1S/C20H22N2O2/c1-3-6-20(24)22-18(16-7-4-5-8-19(16)23)13-17(21-22)15-11-9-14(2)10-12-15/h4-5,7-12,18,23H,3,6,13H2,1-2H3. The van der Waals surface area contributed by atoms with Gasteiger partial charge >= 0.3 is 0 Å². The zero-order valence-electron chi connectivity index (χ0n) is 14.1. The first-order valence-electron chi connectivity index (χ1n) is 8.34. The van der Waals surface area contributed by atoms with Crippen LogP contribution in [0.2, 0.25) is 0 Å². The molecule has 2 aromatic rings. The van der Waals surface area contributed by atoms with Crippen molar-refractivity contribution in [2.24, 2.45) is 5.10 Å². The highest BCUT2D eigenvalue weighted by molar-refractivity contribution is 6.03. The van der Waals surface area contributed by atoms with E-state index in [0.717, 1.165) is 23.3 Å². The van der Waals surface area contributed by atoms with Crippen molar-refractivity contribution in [2.75, 3.05) is 0 Å². The fraction of sp³-hybridized carbons (Fsp3) is 0.300. The average Bonchev–Trinajstić information content (AvgIpc) is 3.01. The fourth-order valence-electron chi connectivity index (χ4n) is 3.00. The van der Waals surface area contributed by atoms with Crippen molar-refractivity contribution in [3.63, 3.8) is 0 Å². The van der Waals surface area contributed by atoms with Crippen LogP contribution in [-0.4, -0.2) is 21.7 Å². The number of phenolic OH excluding ortho intramolecular Hbond substituents is 1. The van der Waals surface area contributed by atoms with Gasteiger partial charge in [-0.25, -0.2) is 5.01 Å². The summed E-state index contributed by atoms with van der Waals surface area (Å²) in [7, 11) is 0. The highest BCUT2D eigenvalue weighted by Crippen LogP contribution is 2.37. The molecule has 4 nitrogen and oxygen atoms in total. The Morgan fingerprint density at radius 1 is 1.21 bits per heavy atom. The average molecular weight is 322 g/mol. The molecule has 1 atom stereocenters. The minimum absolute atomic E-state index is 0.00661. The van der Waals surface area contributed by atoms with E-state index in [1.807, 2.05) is 50.2 Å². The smallest absolute Gasteiger partial charge is 0.243 e. The lowest BCUT2D eigenvalue weighted by molar-refractivity contribution is -0.133. The summed E-state index contributed by atoms with van der Waals surface area (Å²) in [5.41, 5.74) is 3.84. The van der Waals surface area contributed by atoms with Gasteiger partial charge in [-0.1, -0.05) is 55.0 Å². The van der Waals surface area contributed by atoms with E-state index in [1.54, 1.807) is 17.1 Å². The number of hydrazone groups is 1. The molecule has 4 heteroatoms. The van der Waals surface area contributed by atoms with Crippen LogP contribution in [0.1, 0.15) is 48.9 Å². The van der Waals surface area contributed by atoms with Crippen LogP contribution >= 0.6 is 0 Å². The molecule has 2 aromatic carbocycles. The monoisotopic (exact) mass is 322 g/mol. The summed E-state index contributed by atoms with van der Waals surface area (Å²) in [6.07, 6.45) is 1.84. The molecule has 0 bridgehead atoms. The minimum atomic E-state index is -0.249. The molecular formula is C20H22N2O2. The van der Waals surface area contributed by atoms with Crippen molar-refractivity contribution in [2.45, 2.75) is 39.2 Å². The van der Waals surface area contributed by atoms with Gasteiger partial charge in [-0.15, -0.1) is 0 Å². The van der Waals surface area contributed by atoms with Gasteiger partial charge in [0, 0.05) is 18.4 Å². The number of aromatic hydroxyl groups is 1. The summed E-state index contributed by atoms with van der Waals surface area (Å²) in [5, 5.41) is 16.3. The molecule has 0 aliphatic carbocycles. The number of carbonyl (C=O) groups excluding carboxylic acids is 1. The Hall–Kier alpha value is -2.62. The first kappa shape index (κ1) is 16.2. The topological polar surface area (TPSA) is 52.9 Å². The number of hydrogen-bond acceptors (Lipinski definition) is 3. The van der Waals surface area contributed by atoms with Crippen LogP contribution in [0.3, 0.4) is 0 Å². The van der Waals surface area contributed by atoms with E-state index in [2.05, 4.69) is 5.10 Å². The van der Waals surface area contributed by atoms with Crippen LogP contribution in [0.25, 0.3) is 0 Å². The van der Waals surface area contributed by atoms with Gasteiger partial charge in [0.15, 0.2) is 0 Å². The summed E-state index contributed by atoms with van der Waals surface area (Å²) in [6, 6.07) is 15.1. The second-order valence-corrected chi connectivity index (χ2v) is 6.18. The van der Waals surface area contributed by atoms with Gasteiger partial charge in [0.1, 0.15) is 5.75 Å². The molecular weight excluding hydrogens is 300 g/mol. The number of carbonyl (C=O) groups is 1. The maximum absolute atomic E-state index is 12.5. The third kappa shape index (κ3) is 3.18. The Balaban J connectivity index is 1.96. The molecule has 1 amide bonds. The van der Waals surface area contributed by atoms with E-state index >= 15 is 0 Å². The summed E-state index contributed by atoms with van der Waals surface area (Å²) >= 11 is 0. The lowest BCUT2D eigenvalue weighted by Gasteiger charge is -2.22. The summed E-state index contributed by atoms with van der Waals surface area (Å²) in [5.74, 6) is 0.199. The lowest BCUT2D eigenvalue weighted by Crippen LogP contribution is -2.26. The predicted molar refractivity (Wildman–Crippen MR) is 94.9 cm³/mol. The van der Waals surface area contributed by atoms with Crippen molar-refractivity contribution >= 4 is 11.6 Å². The summed E-state index contributed by atoms with van der Waals surface area (Å²) in [6.45, 7) is 4.02. The Kier molecular flexibility index (Phi) is 4.65. The number of phenols is 1. The zero-order valence-corrected chi connectivity index (χ0v) is 14.1. The number of nitrogens with zero attached hydrogens (tertiary/aromatic N) is 2. The third-order valence-corrected chi connectivity index (χ3v) is 4.31. The van der Waals surface area contributed by atoms with Crippen LogP contribution in [0.4, 0.5) is 0 Å². The Labute approximate surface area is 142 Å². The van der Waals surface area contributed by atoms with Crippen LogP contribution < -0.4 is 0 Å². The number of aryl methyl sites for hydroxylation is 1. The van der Waals surface area contributed by atoms with E-state index in [1.165, 1.54) is 5.56 Å². The summed E-state index contributed by atoms with van der Waals surface area (Å²) in [4.78, 5) is 12.5. The van der Waals surface area contributed by atoms with Crippen molar-refractivity contribution < 1.29 is 9.90 Å². The SMILES string of the molecule is CCCC(=O)N1N=C(c2ccc(C)cc2)CC1c1ccccc1O. The van der Waals surface area contributed by atoms with Crippen LogP contribution in [-0.2, 0) is 4.79 Å². The number of hydrogen-bond donors (Lipinski definition) is 1. The molecule has 1 N–H and O–H groups in total. The van der Waals surface area contributed by atoms with E-state index in [4.69, 9.17) is 0 Å². The normalized spacial score (nSPS) is 17.0. The van der Waals surface area contributed by atoms with Gasteiger partial charge in [-0.3, -0.25) is 4.79 Å². The van der Waals surface area contributed by atoms with Crippen molar-refractivity contribution in [3.05, 3.63) is 65.2 Å². The van der Waals surface area contributed by atoms with Crippen LogP contribution in [0.5, 0.6) is 5.75 Å². The summed E-state index contributed by atoms with van der Waals surface area (Å²) < 4.78 is 0. The Morgan fingerprint density at radius 2 is 1.92 bits per heavy atom. The van der Waals surface area contributed by atoms with Gasteiger partial charge in [0.05, 0.1) is 11.8 Å². The quantitative estimate of drug-likeness (QED) is 0.918. The minimum Gasteiger partial charge on any atom is -0.508 e. The Morgan fingerprint density at radius 3 is 2.58 bits per heavy atom. The molecule has 124 valence electrons. The third-order valence-electron chi connectivity index (χ3n) is 4.31. The molecule has 1 aliphatic heterocycles. The van der Waals surface area contributed by atoms with Crippen molar-refractivity contribution in [3.8, 4) is 5.75 Å². The molecule has 3 rings (SSSR count). The highest BCUT2D eigenvalue weighted by Gasteiger charge is 2.33. The van der Waals surface area contributed by atoms with E-state index in [-0.39, 0.29) is 17.7 Å². The van der Waals surface area contributed by atoms with Gasteiger partial charge in [-0.05, 0) is 25.0 Å². The van der Waals surface area contributed by atoms with Gasteiger partial charge < -0.3 is 5.11 Å². The largest absolute Gasteiger partial charge is 0.508 e. The maximum Gasteiger partial charge on any atom is 0.243 e. The van der Waals surface area contributed by atoms with Crippen LogP contribution in [0.15, 0.2) is 53.6 Å². The molecule has 24 heavy (non-hydrogen) atoms. The molecule has 0 saturated carbocycles. The molecule has 1 heterocycles. The number of rotatable bonds is 4. The molecule has 0 fully saturated rings. The molecule has 0 aromatic heterocycles. The van der Waals surface area contributed by atoms with Gasteiger partial charge in [0.25, 0.3) is 0 Å². The molecule has 0 saturated heterocycles. The predicted octanol–water partition coefficient (Wildman–Crippen LogP) is 4.18. The van der Waals surface area contributed by atoms with Crippen LogP contribution in [0, 0.1) is 6.92 Å². The van der Waals surface area contributed by atoms with Gasteiger partial charge in [-0.2, -0.15) is 5.10 Å². The fourth-order valence-corrected chi connectivity index (χ4v) is 3.00. The number of benzene rings is 2. The first-order chi connectivity index (χ1) is 11.6. The zero-order chi connectivity index (χ0) is 17.1. The second-order valence-electron chi connectivity index (χ2n) is 6.18. The van der Waals surface area contributed by atoms with E-state index in [9.17, 15) is 9.90 Å². The van der Waals surface area contributed by atoms with Crippen molar-refractivity contribution in [1.29, 1.82) is 0 Å². The molecule has 1 aliphatic rings. The highest BCUT2D eigenvalue weighted by atomic mass is 16.3. The van der Waals surface area contributed by atoms with Crippen molar-refractivity contribution in [1.82, 2.24) is 5.01 Å². The maximum atomic E-state index is 12.5. The van der Waals surface area contributed by atoms with E-state index in [0.29, 0.717) is 12.8 Å². The second kappa shape index (κ2) is 6.87. The van der Waals surface area contributed by atoms with Gasteiger partial charge in [0.2, 0.25) is 5.91 Å². The molecule has 1 unspecified atom stereocenters. The molecule has 0 radical (unpaired) electrons.